The lowest BCUT2D eigenvalue weighted by Gasteiger charge is -2.35. The molecule has 1 aromatic carbocycles. The van der Waals surface area contributed by atoms with Gasteiger partial charge < -0.3 is 24.2 Å². The van der Waals surface area contributed by atoms with Gasteiger partial charge in [-0.15, -0.1) is 0 Å². The predicted molar refractivity (Wildman–Crippen MR) is 86.3 cm³/mol. The van der Waals surface area contributed by atoms with Crippen LogP contribution in [0.5, 0.6) is 5.75 Å². The standard InChI is InChI=1S/C17H23NO6/c1-12-10-18(11-15(24-12)17(20)21)16(19)13-5-3-6-14(9-13)23-8-4-7-22-2/h3,5-6,9,12,15H,4,7-8,10-11H2,1-2H3,(H,20,21)/t12-,15?/m1/s1. The maximum atomic E-state index is 12.6. The molecule has 7 heteroatoms. The molecular formula is C17H23NO6. The number of ether oxygens (including phenoxy) is 3. The minimum atomic E-state index is -1.06. The van der Waals surface area contributed by atoms with Crippen molar-refractivity contribution in [2.75, 3.05) is 33.4 Å². The van der Waals surface area contributed by atoms with Crippen LogP contribution in [0, 0.1) is 0 Å². The molecule has 132 valence electrons. The fourth-order valence-electron chi connectivity index (χ4n) is 2.55. The second-order valence-corrected chi connectivity index (χ2v) is 5.71. The SMILES string of the molecule is COCCCOc1cccc(C(=O)N2CC(C(=O)O)O[C@H](C)C2)c1. The van der Waals surface area contributed by atoms with Crippen LogP contribution < -0.4 is 4.74 Å². The van der Waals surface area contributed by atoms with Gasteiger partial charge in [-0.3, -0.25) is 4.79 Å². The minimum Gasteiger partial charge on any atom is -0.493 e. The van der Waals surface area contributed by atoms with E-state index in [1.165, 1.54) is 4.90 Å². The summed E-state index contributed by atoms with van der Waals surface area (Å²) < 4.78 is 15.9. The third kappa shape index (κ3) is 4.94. The molecule has 1 unspecified atom stereocenters. The van der Waals surface area contributed by atoms with Crippen LogP contribution in [-0.4, -0.2) is 67.5 Å². The highest BCUT2D eigenvalue weighted by Gasteiger charge is 2.33. The highest BCUT2D eigenvalue weighted by molar-refractivity contribution is 5.95. The van der Waals surface area contributed by atoms with Crippen LogP contribution in [0.3, 0.4) is 0 Å². The lowest BCUT2D eigenvalue weighted by molar-refractivity contribution is -0.160. The first-order valence-corrected chi connectivity index (χ1v) is 7.90. The van der Waals surface area contributed by atoms with Crippen LogP contribution in [0.25, 0.3) is 0 Å². The minimum absolute atomic E-state index is 0.0391. The summed E-state index contributed by atoms with van der Waals surface area (Å²) in [4.78, 5) is 25.3. The molecule has 1 fully saturated rings. The Balaban J connectivity index is 2.02. The zero-order valence-corrected chi connectivity index (χ0v) is 13.9. The Morgan fingerprint density at radius 2 is 2.12 bits per heavy atom. The molecule has 1 amide bonds. The molecule has 1 saturated heterocycles. The number of carboxylic acid groups (broad SMARTS) is 1. The summed E-state index contributed by atoms with van der Waals surface area (Å²) in [6, 6.07) is 6.90. The van der Waals surface area contributed by atoms with Crippen molar-refractivity contribution in [2.24, 2.45) is 0 Å². The Morgan fingerprint density at radius 1 is 1.33 bits per heavy atom. The van der Waals surface area contributed by atoms with Crippen molar-refractivity contribution in [1.82, 2.24) is 4.90 Å². The Bertz CT molecular complexity index is 576. The first-order valence-electron chi connectivity index (χ1n) is 7.90. The summed E-state index contributed by atoms with van der Waals surface area (Å²) in [5, 5.41) is 9.12. The van der Waals surface area contributed by atoms with Gasteiger partial charge in [0, 0.05) is 32.2 Å². The van der Waals surface area contributed by atoms with Crippen molar-refractivity contribution < 1.29 is 28.9 Å². The molecule has 0 aromatic heterocycles. The number of benzene rings is 1. The first kappa shape index (κ1) is 18.2. The van der Waals surface area contributed by atoms with Crippen molar-refractivity contribution in [3.8, 4) is 5.75 Å². The number of nitrogens with zero attached hydrogens (tertiary/aromatic N) is 1. The number of rotatable bonds is 7. The van der Waals surface area contributed by atoms with Crippen LogP contribution >= 0.6 is 0 Å². The Hall–Kier alpha value is -2.12. The Morgan fingerprint density at radius 3 is 2.83 bits per heavy atom. The van der Waals surface area contributed by atoms with Crippen LogP contribution in [0.1, 0.15) is 23.7 Å². The summed E-state index contributed by atoms with van der Waals surface area (Å²) in [7, 11) is 1.63. The fraction of sp³-hybridized carbons (Fsp3) is 0.529. The van der Waals surface area contributed by atoms with Gasteiger partial charge in [0.15, 0.2) is 6.10 Å². The van der Waals surface area contributed by atoms with Gasteiger partial charge in [0.25, 0.3) is 5.91 Å². The van der Waals surface area contributed by atoms with Gasteiger partial charge >= 0.3 is 5.97 Å². The van der Waals surface area contributed by atoms with Crippen molar-refractivity contribution in [3.05, 3.63) is 29.8 Å². The Labute approximate surface area is 141 Å². The number of carboxylic acids is 1. The van der Waals surface area contributed by atoms with Crippen molar-refractivity contribution in [3.63, 3.8) is 0 Å². The van der Waals surface area contributed by atoms with Gasteiger partial charge in [-0.25, -0.2) is 4.79 Å². The van der Waals surface area contributed by atoms with Crippen molar-refractivity contribution in [2.45, 2.75) is 25.6 Å². The second-order valence-electron chi connectivity index (χ2n) is 5.71. The molecule has 0 spiro atoms. The molecule has 1 aromatic rings. The molecule has 0 saturated carbocycles. The normalized spacial score (nSPS) is 20.7. The topological polar surface area (TPSA) is 85.3 Å². The highest BCUT2D eigenvalue weighted by atomic mass is 16.5. The zero-order valence-electron chi connectivity index (χ0n) is 13.9. The molecule has 1 heterocycles. The molecule has 0 aliphatic carbocycles. The average molecular weight is 337 g/mol. The molecule has 0 radical (unpaired) electrons. The van der Waals surface area contributed by atoms with E-state index in [1.54, 1.807) is 38.3 Å². The van der Waals surface area contributed by atoms with Gasteiger partial charge in [-0.2, -0.15) is 0 Å². The molecular weight excluding hydrogens is 314 g/mol. The summed E-state index contributed by atoms with van der Waals surface area (Å²) in [5.41, 5.74) is 0.470. The summed E-state index contributed by atoms with van der Waals surface area (Å²) >= 11 is 0. The van der Waals surface area contributed by atoms with E-state index in [4.69, 9.17) is 19.3 Å². The maximum absolute atomic E-state index is 12.6. The molecule has 7 nitrogen and oxygen atoms in total. The number of carbonyl (C=O) groups excluding carboxylic acids is 1. The predicted octanol–water partition coefficient (Wildman–Crippen LogP) is 1.42. The fourth-order valence-corrected chi connectivity index (χ4v) is 2.55. The number of hydrogen-bond acceptors (Lipinski definition) is 5. The van der Waals surface area contributed by atoms with E-state index in [-0.39, 0.29) is 18.6 Å². The molecule has 0 bridgehead atoms. The van der Waals surface area contributed by atoms with Gasteiger partial charge in [0.2, 0.25) is 0 Å². The van der Waals surface area contributed by atoms with Crippen LogP contribution in [0.15, 0.2) is 24.3 Å². The van der Waals surface area contributed by atoms with E-state index in [9.17, 15) is 9.59 Å². The zero-order chi connectivity index (χ0) is 17.5. The largest absolute Gasteiger partial charge is 0.493 e. The molecule has 1 N–H and O–H groups in total. The number of amides is 1. The summed E-state index contributed by atoms with van der Waals surface area (Å²) in [5.74, 6) is -0.679. The summed E-state index contributed by atoms with van der Waals surface area (Å²) in [6.45, 7) is 3.27. The monoisotopic (exact) mass is 337 g/mol. The lowest BCUT2D eigenvalue weighted by Crippen LogP contribution is -2.51. The number of morpholine rings is 1. The first-order chi connectivity index (χ1) is 11.5. The smallest absolute Gasteiger partial charge is 0.334 e. The maximum Gasteiger partial charge on any atom is 0.334 e. The van der Waals surface area contributed by atoms with Crippen LogP contribution in [0.2, 0.25) is 0 Å². The van der Waals surface area contributed by atoms with E-state index in [1.807, 2.05) is 0 Å². The van der Waals surface area contributed by atoms with Gasteiger partial charge in [-0.1, -0.05) is 6.07 Å². The van der Waals surface area contributed by atoms with Crippen LogP contribution in [-0.2, 0) is 14.3 Å². The number of aliphatic carboxylic acids is 1. The number of methoxy groups -OCH3 is 1. The molecule has 2 rings (SSSR count). The van der Waals surface area contributed by atoms with Crippen molar-refractivity contribution >= 4 is 11.9 Å². The second kappa shape index (κ2) is 8.65. The molecule has 24 heavy (non-hydrogen) atoms. The highest BCUT2D eigenvalue weighted by Crippen LogP contribution is 2.18. The van der Waals surface area contributed by atoms with Crippen molar-refractivity contribution in [1.29, 1.82) is 0 Å². The van der Waals surface area contributed by atoms with E-state index in [0.717, 1.165) is 6.42 Å². The van der Waals surface area contributed by atoms with Crippen LogP contribution in [0.4, 0.5) is 0 Å². The molecule has 1 aliphatic heterocycles. The lowest BCUT2D eigenvalue weighted by atomic mass is 10.1. The molecule has 1 aliphatic rings. The van der Waals surface area contributed by atoms with E-state index in [0.29, 0.717) is 31.1 Å². The third-order valence-corrected chi connectivity index (χ3v) is 3.67. The molecule has 2 atom stereocenters. The van der Waals surface area contributed by atoms with Gasteiger partial charge in [0.1, 0.15) is 5.75 Å². The number of carbonyl (C=O) groups is 2. The quantitative estimate of drug-likeness (QED) is 0.757. The van der Waals surface area contributed by atoms with Gasteiger partial charge in [0.05, 0.1) is 19.3 Å². The third-order valence-electron chi connectivity index (χ3n) is 3.67. The van der Waals surface area contributed by atoms with E-state index >= 15 is 0 Å². The van der Waals surface area contributed by atoms with E-state index in [2.05, 4.69) is 0 Å². The van der Waals surface area contributed by atoms with Gasteiger partial charge in [-0.05, 0) is 25.1 Å². The summed E-state index contributed by atoms with van der Waals surface area (Å²) in [6.07, 6.45) is -0.556. The Kier molecular flexibility index (Phi) is 6.57. The number of hydrogen-bond donors (Lipinski definition) is 1. The average Bonchev–Trinajstić information content (AvgIpc) is 2.57. The van der Waals surface area contributed by atoms with E-state index < -0.39 is 12.1 Å².